The number of carbonyl (C=O) groups excluding carboxylic acids is 1. The molecule has 1 aromatic carbocycles. The molecular weight excluding hydrogens is 313 g/mol. The second-order valence-electron chi connectivity index (χ2n) is 5.00. The highest BCUT2D eigenvalue weighted by molar-refractivity contribution is 7.21. The van der Waals surface area contributed by atoms with Crippen molar-refractivity contribution in [2.24, 2.45) is 0 Å². The maximum absolute atomic E-state index is 13.4. The monoisotopic (exact) mass is 329 g/mol. The van der Waals surface area contributed by atoms with E-state index in [9.17, 15) is 9.18 Å². The van der Waals surface area contributed by atoms with Crippen LogP contribution in [0.3, 0.4) is 0 Å². The molecule has 0 spiro atoms. The van der Waals surface area contributed by atoms with E-state index in [1.807, 2.05) is 0 Å². The molecule has 3 rings (SSSR count). The molecular formula is C15H17ClFNO2S. The van der Waals surface area contributed by atoms with E-state index in [-0.39, 0.29) is 24.2 Å². The molecule has 1 fully saturated rings. The van der Waals surface area contributed by atoms with E-state index in [0.717, 1.165) is 41.6 Å². The molecule has 1 N–H and O–H groups in total. The van der Waals surface area contributed by atoms with Crippen molar-refractivity contribution >= 4 is 39.8 Å². The summed E-state index contributed by atoms with van der Waals surface area (Å²) < 4.78 is 19.1. The van der Waals surface area contributed by atoms with Gasteiger partial charge in [-0.3, -0.25) is 0 Å². The fourth-order valence-electron chi connectivity index (χ4n) is 2.85. The molecule has 0 atom stereocenters. The number of fused-ring (bicyclic) bond motifs is 1. The van der Waals surface area contributed by atoms with Gasteiger partial charge in [-0.25, -0.2) is 9.18 Å². The number of thiophene rings is 1. The van der Waals surface area contributed by atoms with Gasteiger partial charge < -0.3 is 10.1 Å². The second kappa shape index (κ2) is 6.73. The molecule has 0 unspecified atom stereocenters. The van der Waals surface area contributed by atoms with E-state index in [1.165, 1.54) is 30.6 Å². The first-order valence-corrected chi connectivity index (χ1v) is 7.53. The van der Waals surface area contributed by atoms with Crippen molar-refractivity contribution in [3.8, 4) is 0 Å². The first kappa shape index (κ1) is 16.2. The molecule has 3 nitrogen and oxygen atoms in total. The van der Waals surface area contributed by atoms with Crippen molar-refractivity contribution in [3.05, 3.63) is 34.5 Å². The molecule has 1 aromatic heterocycles. The number of hydrogen-bond donors (Lipinski definition) is 1. The summed E-state index contributed by atoms with van der Waals surface area (Å²) in [4.78, 5) is 12.6. The van der Waals surface area contributed by atoms with E-state index >= 15 is 0 Å². The standard InChI is InChI=1S/C15H16FNO2S.ClH/c1-19-15(18)14-13(9-4-6-17-7-5-9)11-3-2-10(16)8-12(11)20-14;/h2-3,8-9,17H,4-7H2,1H3;1H. The molecule has 1 aliphatic rings. The highest BCUT2D eigenvalue weighted by Crippen LogP contribution is 2.40. The number of methoxy groups -OCH3 is 1. The Morgan fingerprint density at radius 1 is 1.38 bits per heavy atom. The molecule has 0 aliphatic carbocycles. The smallest absolute Gasteiger partial charge is 0.348 e. The molecule has 2 aromatic rings. The van der Waals surface area contributed by atoms with Gasteiger partial charge in [0.2, 0.25) is 0 Å². The van der Waals surface area contributed by atoms with Crippen LogP contribution in [0.2, 0.25) is 0 Å². The van der Waals surface area contributed by atoms with E-state index in [4.69, 9.17) is 4.74 Å². The maximum Gasteiger partial charge on any atom is 0.348 e. The van der Waals surface area contributed by atoms with Crippen molar-refractivity contribution in [1.29, 1.82) is 0 Å². The molecule has 0 radical (unpaired) electrons. The van der Waals surface area contributed by atoms with Gasteiger partial charge in [-0.2, -0.15) is 0 Å². The van der Waals surface area contributed by atoms with Gasteiger partial charge in [0.25, 0.3) is 0 Å². The van der Waals surface area contributed by atoms with Crippen LogP contribution in [-0.2, 0) is 4.74 Å². The Hall–Kier alpha value is -1.17. The fourth-order valence-corrected chi connectivity index (χ4v) is 4.08. The van der Waals surface area contributed by atoms with Gasteiger partial charge in [-0.15, -0.1) is 23.7 Å². The van der Waals surface area contributed by atoms with Gasteiger partial charge in [0, 0.05) is 4.70 Å². The number of piperidine rings is 1. The zero-order valence-electron chi connectivity index (χ0n) is 11.6. The van der Waals surface area contributed by atoms with Crippen LogP contribution in [0, 0.1) is 5.82 Å². The number of nitrogens with one attached hydrogen (secondary N) is 1. The van der Waals surface area contributed by atoms with E-state index in [0.29, 0.717) is 10.8 Å². The van der Waals surface area contributed by atoms with Crippen molar-refractivity contribution in [2.45, 2.75) is 18.8 Å². The SMILES string of the molecule is COC(=O)c1sc2cc(F)ccc2c1C1CCNCC1.Cl. The van der Waals surface area contributed by atoms with Crippen LogP contribution in [-0.4, -0.2) is 26.2 Å². The van der Waals surface area contributed by atoms with E-state index in [1.54, 1.807) is 6.07 Å². The Morgan fingerprint density at radius 3 is 2.76 bits per heavy atom. The number of carbonyl (C=O) groups is 1. The minimum absolute atomic E-state index is 0. The van der Waals surface area contributed by atoms with Crippen LogP contribution in [0.15, 0.2) is 18.2 Å². The van der Waals surface area contributed by atoms with Gasteiger partial charge in [-0.1, -0.05) is 6.07 Å². The van der Waals surface area contributed by atoms with Gasteiger partial charge in [0.05, 0.1) is 7.11 Å². The first-order valence-electron chi connectivity index (χ1n) is 6.71. The Bertz CT molecular complexity index is 652. The van der Waals surface area contributed by atoms with Gasteiger partial charge in [-0.05, 0) is 54.9 Å². The Labute approximate surface area is 132 Å². The lowest BCUT2D eigenvalue weighted by atomic mass is 9.88. The van der Waals surface area contributed by atoms with Crippen LogP contribution in [0.1, 0.15) is 34.0 Å². The summed E-state index contributed by atoms with van der Waals surface area (Å²) in [6.45, 7) is 1.90. The molecule has 1 aliphatic heterocycles. The summed E-state index contributed by atoms with van der Waals surface area (Å²) in [5.41, 5.74) is 1.04. The zero-order chi connectivity index (χ0) is 14.1. The number of rotatable bonds is 2. The van der Waals surface area contributed by atoms with Crippen LogP contribution < -0.4 is 5.32 Å². The minimum Gasteiger partial charge on any atom is -0.465 e. The number of ether oxygens (including phenoxy) is 1. The number of halogens is 2. The zero-order valence-corrected chi connectivity index (χ0v) is 13.3. The maximum atomic E-state index is 13.4. The average molecular weight is 330 g/mol. The predicted octanol–water partition coefficient (Wildman–Crippen LogP) is 3.72. The predicted molar refractivity (Wildman–Crippen MR) is 85.2 cm³/mol. The lowest BCUT2D eigenvalue weighted by Gasteiger charge is -2.23. The van der Waals surface area contributed by atoms with Crippen LogP contribution in [0.25, 0.3) is 10.1 Å². The Kier molecular flexibility index (Phi) is 5.19. The summed E-state index contributed by atoms with van der Waals surface area (Å²) >= 11 is 1.33. The molecule has 0 saturated carbocycles. The normalized spacial score (nSPS) is 15.7. The molecule has 6 heteroatoms. The van der Waals surface area contributed by atoms with Crippen molar-refractivity contribution < 1.29 is 13.9 Å². The summed E-state index contributed by atoms with van der Waals surface area (Å²) in [5, 5.41) is 4.31. The third-order valence-corrected chi connectivity index (χ3v) is 4.96. The quantitative estimate of drug-likeness (QED) is 0.853. The molecule has 1 saturated heterocycles. The first-order chi connectivity index (χ1) is 9.70. The largest absolute Gasteiger partial charge is 0.465 e. The third-order valence-electron chi connectivity index (χ3n) is 3.81. The summed E-state index contributed by atoms with van der Waals surface area (Å²) in [5.74, 6) is -0.253. The van der Waals surface area contributed by atoms with E-state index < -0.39 is 0 Å². The second-order valence-corrected chi connectivity index (χ2v) is 6.05. The average Bonchev–Trinajstić information content (AvgIpc) is 2.85. The topological polar surface area (TPSA) is 38.3 Å². The summed E-state index contributed by atoms with van der Waals surface area (Å²) in [7, 11) is 1.39. The molecule has 0 amide bonds. The number of benzene rings is 1. The lowest BCUT2D eigenvalue weighted by molar-refractivity contribution is 0.0604. The van der Waals surface area contributed by atoms with Crippen molar-refractivity contribution in [1.82, 2.24) is 5.32 Å². The highest BCUT2D eigenvalue weighted by Gasteiger charge is 2.26. The minimum atomic E-state index is -0.319. The van der Waals surface area contributed by atoms with Crippen LogP contribution in [0.4, 0.5) is 4.39 Å². The fraction of sp³-hybridized carbons (Fsp3) is 0.400. The Balaban J connectivity index is 0.00000161. The lowest BCUT2D eigenvalue weighted by Crippen LogP contribution is -2.27. The van der Waals surface area contributed by atoms with Crippen molar-refractivity contribution in [2.75, 3.05) is 20.2 Å². The number of hydrogen-bond acceptors (Lipinski definition) is 4. The van der Waals surface area contributed by atoms with Gasteiger partial charge >= 0.3 is 5.97 Å². The molecule has 21 heavy (non-hydrogen) atoms. The summed E-state index contributed by atoms with van der Waals surface area (Å²) in [6.07, 6.45) is 1.99. The van der Waals surface area contributed by atoms with Crippen LogP contribution >= 0.6 is 23.7 Å². The van der Waals surface area contributed by atoms with Crippen molar-refractivity contribution in [3.63, 3.8) is 0 Å². The summed E-state index contributed by atoms with van der Waals surface area (Å²) in [6, 6.07) is 4.74. The van der Waals surface area contributed by atoms with Gasteiger partial charge in [0.1, 0.15) is 10.7 Å². The molecule has 2 heterocycles. The molecule has 0 bridgehead atoms. The van der Waals surface area contributed by atoms with E-state index in [2.05, 4.69) is 5.32 Å². The highest BCUT2D eigenvalue weighted by atomic mass is 35.5. The number of esters is 1. The Morgan fingerprint density at radius 2 is 2.10 bits per heavy atom. The van der Waals surface area contributed by atoms with Crippen LogP contribution in [0.5, 0.6) is 0 Å². The third kappa shape index (κ3) is 3.05. The van der Waals surface area contributed by atoms with Gasteiger partial charge in [0.15, 0.2) is 0 Å². The molecule has 114 valence electrons.